The molecule has 0 fully saturated rings. The van der Waals surface area contributed by atoms with Gasteiger partial charge < -0.3 is 19.6 Å². The van der Waals surface area contributed by atoms with Crippen LogP contribution in [0.1, 0.15) is 87.4 Å². The Hall–Kier alpha value is -7.56. The normalized spacial score (nSPS) is 15.3. The molecule has 70 heavy (non-hydrogen) atoms. The van der Waals surface area contributed by atoms with Gasteiger partial charge in [-0.25, -0.2) is 0 Å². The highest BCUT2D eigenvalue weighted by Crippen LogP contribution is 2.62. The third-order valence-corrected chi connectivity index (χ3v) is 14.8. The van der Waals surface area contributed by atoms with Crippen LogP contribution in [0.5, 0.6) is 0 Å². The molecule has 348 valence electrons. The van der Waals surface area contributed by atoms with E-state index in [1.807, 2.05) is 0 Å². The molecule has 0 N–H and O–H groups in total. The molecule has 4 nitrogen and oxygen atoms in total. The zero-order valence-corrected chi connectivity index (χ0v) is 42.7. The van der Waals surface area contributed by atoms with Gasteiger partial charge in [-0.3, -0.25) is 0 Å². The molecule has 2 heterocycles. The molecule has 0 saturated heterocycles. The zero-order chi connectivity index (χ0) is 48.7. The molecule has 0 radical (unpaired) electrons. The number of rotatable bonds is 9. The quantitative estimate of drug-likeness (QED) is 0.143. The highest BCUT2D eigenvalue weighted by atomic mass is 15.2. The van der Waals surface area contributed by atoms with E-state index in [1.165, 1.54) is 107 Å². The predicted molar refractivity (Wildman–Crippen MR) is 298 cm³/mol. The first-order valence-electron chi connectivity index (χ1n) is 25.0. The van der Waals surface area contributed by atoms with E-state index in [-0.39, 0.29) is 11.3 Å². The van der Waals surface area contributed by atoms with Gasteiger partial charge in [0.2, 0.25) is 0 Å². The lowest BCUT2D eigenvalue weighted by Crippen LogP contribution is -2.36. The van der Waals surface area contributed by atoms with Crippen molar-refractivity contribution in [3.05, 3.63) is 248 Å². The number of nitrogens with zero attached hydrogens (tertiary/aromatic N) is 4. The Balaban J connectivity index is 1.15. The minimum atomic E-state index is -0.359. The largest absolute Gasteiger partial charge is 0.314 e. The first-order chi connectivity index (χ1) is 33.6. The van der Waals surface area contributed by atoms with E-state index >= 15 is 0 Å². The maximum atomic E-state index is 2.63. The molecule has 0 spiro atoms. The summed E-state index contributed by atoms with van der Waals surface area (Å²) < 4.78 is 0. The Bertz CT molecular complexity index is 3360. The van der Waals surface area contributed by atoms with Crippen molar-refractivity contribution in [3.8, 4) is 0 Å². The summed E-state index contributed by atoms with van der Waals surface area (Å²) in [4.78, 5) is 10.1. The van der Waals surface area contributed by atoms with Gasteiger partial charge in [-0.2, -0.15) is 0 Å². The lowest BCUT2D eigenvalue weighted by molar-refractivity contribution is 0.590. The summed E-state index contributed by atoms with van der Waals surface area (Å²) >= 11 is 0. The lowest BCUT2D eigenvalue weighted by Gasteiger charge is -2.45. The molecule has 0 aromatic heterocycles. The van der Waals surface area contributed by atoms with Crippen molar-refractivity contribution in [1.82, 2.24) is 0 Å². The molecule has 3 aliphatic rings. The molecule has 1 unspecified atom stereocenters. The SMILES string of the molecule is Cc1ccc(N(C2=CC3=C4C(C2)c2cc(N(c5ccc(C)cc5)c5cc(C)cc(C)c5)ccc2N4c2ccc(N(c4ccc(C)cc4)c4cc(C)cc(C)c4)cc2C3(C)C)c2cc(C)cc(C)c2)cc1. The third-order valence-electron chi connectivity index (χ3n) is 14.8. The molecule has 2 aliphatic heterocycles. The Kier molecular flexibility index (Phi) is 11.0. The smallest absolute Gasteiger partial charge is 0.0501 e. The summed E-state index contributed by atoms with van der Waals surface area (Å²) in [6.07, 6.45) is 3.41. The Morgan fingerprint density at radius 2 is 0.743 bits per heavy atom. The molecule has 8 aromatic rings. The summed E-state index contributed by atoms with van der Waals surface area (Å²) in [6, 6.07) is 62.4. The molecule has 1 atom stereocenters. The van der Waals surface area contributed by atoms with Crippen LogP contribution in [0.15, 0.2) is 187 Å². The number of hydrogen-bond acceptors (Lipinski definition) is 4. The maximum Gasteiger partial charge on any atom is 0.0501 e. The van der Waals surface area contributed by atoms with Gasteiger partial charge in [-0.05, 0) is 228 Å². The molecular weight excluding hydrogens is 849 g/mol. The summed E-state index contributed by atoms with van der Waals surface area (Å²) in [5.74, 6) is 0.106. The number of benzene rings is 8. The van der Waals surface area contributed by atoms with Gasteiger partial charge in [0.1, 0.15) is 0 Å². The minimum absolute atomic E-state index is 0.106. The second-order valence-electron chi connectivity index (χ2n) is 21.1. The number of allylic oxidation sites excluding steroid dienone is 4. The Morgan fingerprint density at radius 1 is 0.371 bits per heavy atom. The second-order valence-corrected chi connectivity index (χ2v) is 21.1. The first-order valence-corrected chi connectivity index (χ1v) is 25.0. The topological polar surface area (TPSA) is 13.0 Å². The lowest BCUT2D eigenvalue weighted by atomic mass is 9.69. The monoisotopic (exact) mass is 913 g/mol. The van der Waals surface area contributed by atoms with Gasteiger partial charge in [-0.15, -0.1) is 0 Å². The van der Waals surface area contributed by atoms with E-state index in [1.54, 1.807) is 0 Å². The average Bonchev–Trinajstić information content (AvgIpc) is 3.63. The molecular formula is C66H64N4. The van der Waals surface area contributed by atoms with Gasteiger partial charge in [-0.1, -0.05) is 85.1 Å². The van der Waals surface area contributed by atoms with Gasteiger partial charge in [0.05, 0.1) is 5.69 Å². The van der Waals surface area contributed by atoms with Crippen molar-refractivity contribution in [2.75, 3.05) is 19.6 Å². The average molecular weight is 913 g/mol. The summed E-state index contributed by atoms with van der Waals surface area (Å²) in [5.41, 5.74) is 29.4. The predicted octanol–water partition coefficient (Wildman–Crippen LogP) is 18.3. The summed E-state index contributed by atoms with van der Waals surface area (Å²) in [6.45, 7) is 24.7. The van der Waals surface area contributed by atoms with Gasteiger partial charge in [0, 0.05) is 80.3 Å². The third kappa shape index (κ3) is 7.90. The maximum absolute atomic E-state index is 2.63. The van der Waals surface area contributed by atoms with Crippen LogP contribution in [0.2, 0.25) is 0 Å². The van der Waals surface area contributed by atoms with Gasteiger partial charge in [0.15, 0.2) is 0 Å². The fourth-order valence-electron chi connectivity index (χ4n) is 11.7. The number of fused-ring (bicyclic) bond motifs is 5. The van der Waals surface area contributed by atoms with Crippen LogP contribution in [0, 0.1) is 62.3 Å². The number of hydrogen-bond donors (Lipinski definition) is 0. The standard InChI is InChI=1S/C66H64N4/c1-41-12-18-50(19-13-41)67(55-31-44(4)28-45(5)32-55)53-24-26-63-59(37-53)60-38-58(69(52-22-16-43(3)17-23-52)57-35-48(8)30-49(9)36-57)40-62-65(60)70(63)64-27-25-54(39-61(64)66(62,10)11)68(51-20-14-42(2)15-21-51)56-33-46(6)29-47(7)34-56/h12-37,39-40,60H,38H2,1-11H3. The van der Waals surface area contributed by atoms with E-state index in [0.717, 1.165) is 34.9 Å². The van der Waals surface area contributed by atoms with Crippen LogP contribution >= 0.6 is 0 Å². The fraction of sp³-hybridized carbons (Fsp3) is 0.212. The molecule has 0 saturated carbocycles. The van der Waals surface area contributed by atoms with Crippen LogP contribution in [-0.4, -0.2) is 0 Å². The number of aryl methyl sites for hydroxylation is 9. The Morgan fingerprint density at radius 3 is 1.19 bits per heavy atom. The van der Waals surface area contributed by atoms with Crippen LogP contribution in [0.4, 0.5) is 56.9 Å². The Labute approximate surface area is 416 Å². The van der Waals surface area contributed by atoms with Crippen molar-refractivity contribution in [3.63, 3.8) is 0 Å². The van der Waals surface area contributed by atoms with Crippen LogP contribution in [-0.2, 0) is 5.41 Å². The van der Waals surface area contributed by atoms with Crippen LogP contribution in [0.3, 0.4) is 0 Å². The highest BCUT2D eigenvalue weighted by Gasteiger charge is 2.48. The summed E-state index contributed by atoms with van der Waals surface area (Å²) in [5, 5.41) is 0. The highest BCUT2D eigenvalue weighted by molar-refractivity contribution is 5.91. The van der Waals surface area contributed by atoms with E-state index in [0.29, 0.717) is 0 Å². The molecule has 4 heteroatoms. The van der Waals surface area contributed by atoms with Crippen molar-refractivity contribution < 1.29 is 0 Å². The first kappa shape index (κ1) is 44.9. The number of anilines is 10. The van der Waals surface area contributed by atoms with Gasteiger partial charge >= 0.3 is 0 Å². The van der Waals surface area contributed by atoms with Crippen molar-refractivity contribution in [2.24, 2.45) is 0 Å². The van der Waals surface area contributed by atoms with Crippen LogP contribution in [0.25, 0.3) is 0 Å². The van der Waals surface area contributed by atoms with Crippen molar-refractivity contribution in [2.45, 2.75) is 93.9 Å². The van der Waals surface area contributed by atoms with Crippen molar-refractivity contribution in [1.29, 1.82) is 0 Å². The van der Waals surface area contributed by atoms with E-state index < -0.39 is 0 Å². The van der Waals surface area contributed by atoms with E-state index in [4.69, 9.17) is 0 Å². The van der Waals surface area contributed by atoms with Crippen LogP contribution < -0.4 is 19.6 Å². The molecule has 11 rings (SSSR count). The summed E-state index contributed by atoms with van der Waals surface area (Å²) in [7, 11) is 0. The molecule has 0 amide bonds. The molecule has 1 aliphatic carbocycles. The van der Waals surface area contributed by atoms with Crippen molar-refractivity contribution >= 4 is 56.9 Å². The molecule has 8 aromatic carbocycles. The van der Waals surface area contributed by atoms with E-state index in [9.17, 15) is 0 Å². The second kappa shape index (κ2) is 17.1. The van der Waals surface area contributed by atoms with Gasteiger partial charge in [0.25, 0.3) is 0 Å². The zero-order valence-electron chi connectivity index (χ0n) is 42.7. The molecule has 0 bridgehead atoms. The van der Waals surface area contributed by atoms with E-state index in [2.05, 4.69) is 266 Å². The minimum Gasteiger partial charge on any atom is -0.314 e. The fourth-order valence-corrected chi connectivity index (χ4v) is 11.7.